The number of hydrogen-bond donors (Lipinski definition) is 1. The van der Waals surface area contributed by atoms with Crippen molar-refractivity contribution in [2.45, 2.75) is 6.18 Å². The van der Waals surface area contributed by atoms with Gasteiger partial charge in [-0.15, -0.1) is 0 Å². The second-order valence-electron chi connectivity index (χ2n) is 2.85. The first-order valence-electron chi connectivity index (χ1n) is 4.02. The largest absolute Gasteiger partial charge is 0.483 e. The van der Waals surface area contributed by atoms with Crippen LogP contribution in [0.1, 0.15) is 10.4 Å². The van der Waals surface area contributed by atoms with Crippen molar-refractivity contribution in [2.24, 2.45) is 0 Å². The number of aromatic carboxylic acids is 1. The number of hydrogen-bond acceptors (Lipinski definition) is 2. The lowest BCUT2D eigenvalue weighted by Gasteiger charge is -2.11. The zero-order valence-corrected chi connectivity index (χ0v) is 9.30. The second-order valence-corrected chi connectivity index (χ2v) is 3.77. The predicted octanol–water partition coefficient (Wildman–Crippen LogP) is 3.09. The van der Waals surface area contributed by atoms with Crippen LogP contribution in [0.2, 0.25) is 0 Å². The van der Waals surface area contributed by atoms with Gasteiger partial charge in [0.25, 0.3) is 0 Å². The normalized spacial score (nSPS) is 11.2. The number of carboxylic acids is 1. The number of alkyl halides is 3. The Morgan fingerprint density at radius 2 is 2.06 bits per heavy atom. The zero-order valence-electron chi connectivity index (χ0n) is 7.71. The van der Waals surface area contributed by atoms with Crippen LogP contribution < -0.4 is 4.74 Å². The summed E-state index contributed by atoms with van der Waals surface area (Å²) in [4.78, 5) is 10.7. The zero-order chi connectivity index (χ0) is 12.3. The van der Waals surface area contributed by atoms with Crippen molar-refractivity contribution < 1.29 is 27.8 Å². The van der Waals surface area contributed by atoms with Crippen molar-refractivity contribution in [3.05, 3.63) is 28.2 Å². The second kappa shape index (κ2) is 4.73. The molecule has 1 N–H and O–H groups in total. The molecular weight excluding hydrogens is 293 g/mol. The molecule has 88 valence electrons. The summed E-state index contributed by atoms with van der Waals surface area (Å²) in [6, 6.07) is 3.75. The third-order valence-corrected chi connectivity index (χ3v) is 2.06. The Labute approximate surface area is 97.0 Å². The van der Waals surface area contributed by atoms with E-state index in [0.29, 0.717) is 4.47 Å². The van der Waals surface area contributed by atoms with E-state index in [1.165, 1.54) is 12.1 Å². The van der Waals surface area contributed by atoms with Crippen LogP contribution >= 0.6 is 15.9 Å². The van der Waals surface area contributed by atoms with Gasteiger partial charge in [-0.05, 0) is 18.2 Å². The van der Waals surface area contributed by atoms with Crippen molar-refractivity contribution in [1.29, 1.82) is 0 Å². The average Bonchev–Trinajstić information content (AvgIpc) is 2.13. The minimum atomic E-state index is -4.50. The van der Waals surface area contributed by atoms with Crippen molar-refractivity contribution in [2.75, 3.05) is 6.61 Å². The Morgan fingerprint density at radius 3 is 2.56 bits per heavy atom. The Morgan fingerprint density at radius 1 is 1.44 bits per heavy atom. The SMILES string of the molecule is O=C(O)c1ccc(Br)cc1OCC(F)(F)F. The first kappa shape index (κ1) is 12.8. The smallest absolute Gasteiger partial charge is 0.422 e. The van der Waals surface area contributed by atoms with Crippen LogP contribution in [0.4, 0.5) is 13.2 Å². The molecule has 1 aromatic rings. The highest BCUT2D eigenvalue weighted by atomic mass is 79.9. The molecule has 0 unspecified atom stereocenters. The molecule has 0 spiro atoms. The van der Waals surface area contributed by atoms with E-state index in [2.05, 4.69) is 20.7 Å². The lowest BCUT2D eigenvalue weighted by Crippen LogP contribution is -2.20. The first-order chi connectivity index (χ1) is 7.29. The van der Waals surface area contributed by atoms with Crippen LogP contribution in [0.5, 0.6) is 5.75 Å². The highest BCUT2D eigenvalue weighted by Gasteiger charge is 2.29. The molecule has 0 aliphatic carbocycles. The summed E-state index contributed by atoms with van der Waals surface area (Å²) in [5, 5.41) is 8.71. The lowest BCUT2D eigenvalue weighted by atomic mass is 10.2. The summed E-state index contributed by atoms with van der Waals surface area (Å²) in [6.45, 7) is -1.52. The summed E-state index contributed by atoms with van der Waals surface area (Å²) in [5.41, 5.74) is -0.313. The Hall–Kier alpha value is -1.24. The summed E-state index contributed by atoms with van der Waals surface area (Å²) in [5.74, 6) is -1.66. The van der Waals surface area contributed by atoms with Crippen LogP contribution in [-0.2, 0) is 0 Å². The number of carboxylic acid groups (broad SMARTS) is 1. The van der Waals surface area contributed by atoms with E-state index >= 15 is 0 Å². The van der Waals surface area contributed by atoms with Gasteiger partial charge in [0.1, 0.15) is 11.3 Å². The molecule has 0 amide bonds. The molecule has 3 nitrogen and oxygen atoms in total. The van der Waals surface area contributed by atoms with Gasteiger partial charge in [-0.25, -0.2) is 4.79 Å². The summed E-state index contributed by atoms with van der Waals surface area (Å²) < 4.78 is 40.5. The third kappa shape index (κ3) is 3.73. The van der Waals surface area contributed by atoms with Crippen molar-refractivity contribution in [3.63, 3.8) is 0 Å². The van der Waals surface area contributed by atoms with Crippen molar-refractivity contribution in [3.8, 4) is 5.75 Å². The summed E-state index contributed by atoms with van der Waals surface area (Å²) in [7, 11) is 0. The molecule has 7 heteroatoms. The fraction of sp³-hybridized carbons (Fsp3) is 0.222. The topological polar surface area (TPSA) is 46.5 Å². The van der Waals surface area contributed by atoms with E-state index in [9.17, 15) is 18.0 Å². The van der Waals surface area contributed by atoms with Crippen molar-refractivity contribution >= 4 is 21.9 Å². The van der Waals surface area contributed by atoms with Crippen LogP contribution in [0.15, 0.2) is 22.7 Å². The van der Waals surface area contributed by atoms with Gasteiger partial charge in [0, 0.05) is 4.47 Å². The van der Waals surface area contributed by atoms with Crippen LogP contribution in [0.25, 0.3) is 0 Å². The Kier molecular flexibility index (Phi) is 3.79. The van der Waals surface area contributed by atoms with Crippen LogP contribution in [0.3, 0.4) is 0 Å². The molecule has 1 aromatic carbocycles. The predicted molar refractivity (Wildman–Crippen MR) is 52.7 cm³/mol. The molecule has 1 rings (SSSR count). The third-order valence-electron chi connectivity index (χ3n) is 1.57. The van der Waals surface area contributed by atoms with Gasteiger partial charge >= 0.3 is 12.1 Å². The van der Waals surface area contributed by atoms with E-state index in [0.717, 1.165) is 6.07 Å². The number of carbonyl (C=O) groups is 1. The minimum absolute atomic E-state index is 0.313. The van der Waals surface area contributed by atoms with Crippen molar-refractivity contribution in [1.82, 2.24) is 0 Å². The molecule has 0 radical (unpaired) electrons. The molecule has 16 heavy (non-hydrogen) atoms. The molecule has 0 aliphatic rings. The maximum atomic E-state index is 11.9. The fourth-order valence-electron chi connectivity index (χ4n) is 0.952. The summed E-state index contributed by atoms with van der Waals surface area (Å²) in [6.07, 6.45) is -4.50. The number of rotatable bonds is 3. The Balaban J connectivity index is 2.93. The molecule has 0 aromatic heterocycles. The maximum absolute atomic E-state index is 11.9. The van der Waals surface area contributed by atoms with E-state index in [4.69, 9.17) is 5.11 Å². The maximum Gasteiger partial charge on any atom is 0.422 e. The number of benzene rings is 1. The van der Waals surface area contributed by atoms with Crippen LogP contribution in [0, 0.1) is 0 Å². The van der Waals surface area contributed by atoms with Gasteiger partial charge in [-0.3, -0.25) is 0 Å². The first-order valence-corrected chi connectivity index (χ1v) is 4.81. The van der Waals surface area contributed by atoms with Gasteiger partial charge in [-0.2, -0.15) is 13.2 Å². The molecule has 0 saturated heterocycles. The van der Waals surface area contributed by atoms with Crippen LogP contribution in [-0.4, -0.2) is 23.9 Å². The average molecular weight is 299 g/mol. The molecule has 0 heterocycles. The van der Waals surface area contributed by atoms with Gasteiger partial charge in [0.05, 0.1) is 0 Å². The van der Waals surface area contributed by atoms with E-state index in [-0.39, 0.29) is 11.3 Å². The van der Waals surface area contributed by atoms with E-state index < -0.39 is 18.8 Å². The number of ether oxygens (including phenoxy) is 1. The molecule has 0 bridgehead atoms. The van der Waals surface area contributed by atoms with Gasteiger partial charge < -0.3 is 9.84 Å². The fourth-order valence-corrected chi connectivity index (χ4v) is 1.29. The van der Waals surface area contributed by atoms with Gasteiger partial charge in [-0.1, -0.05) is 15.9 Å². The quantitative estimate of drug-likeness (QED) is 0.933. The standard InChI is InChI=1S/C9H6BrF3O3/c10-5-1-2-6(8(14)15)7(3-5)16-4-9(11,12)13/h1-3H,4H2,(H,14,15). The molecule has 0 fully saturated rings. The molecular formula is C9H6BrF3O3. The van der Waals surface area contributed by atoms with Gasteiger partial charge in [0.2, 0.25) is 0 Å². The molecule has 0 atom stereocenters. The monoisotopic (exact) mass is 298 g/mol. The van der Waals surface area contributed by atoms with Gasteiger partial charge in [0.15, 0.2) is 6.61 Å². The minimum Gasteiger partial charge on any atom is -0.483 e. The molecule has 0 aliphatic heterocycles. The highest BCUT2D eigenvalue weighted by molar-refractivity contribution is 9.10. The summed E-state index contributed by atoms with van der Waals surface area (Å²) >= 11 is 3.01. The van der Waals surface area contributed by atoms with E-state index in [1.54, 1.807) is 0 Å². The molecule has 0 saturated carbocycles. The Bertz CT molecular complexity index is 403. The lowest BCUT2D eigenvalue weighted by molar-refractivity contribution is -0.153. The van der Waals surface area contributed by atoms with E-state index in [1.807, 2.05) is 0 Å². The number of halogens is 4. The highest BCUT2D eigenvalue weighted by Crippen LogP contribution is 2.26.